The quantitative estimate of drug-likeness (QED) is 0.674. The number of imidazole rings is 1. The number of benzene rings is 2. The summed E-state index contributed by atoms with van der Waals surface area (Å²) in [4.78, 5) is 15.6. The van der Waals surface area contributed by atoms with Gasteiger partial charge in [0.15, 0.2) is 0 Å². The van der Waals surface area contributed by atoms with Crippen molar-refractivity contribution in [2.45, 2.75) is 38.3 Å². The molecule has 1 aliphatic rings. The maximum absolute atomic E-state index is 5.96. The summed E-state index contributed by atoms with van der Waals surface area (Å²) in [6, 6.07) is 13.1. The van der Waals surface area contributed by atoms with E-state index in [0.29, 0.717) is 13.2 Å². The fourth-order valence-corrected chi connectivity index (χ4v) is 3.60. The lowest BCUT2D eigenvalue weighted by Crippen LogP contribution is -2.38. The van der Waals surface area contributed by atoms with E-state index in [9.17, 15) is 0 Å². The van der Waals surface area contributed by atoms with E-state index in [2.05, 4.69) is 52.9 Å². The first kappa shape index (κ1) is 15.4. The van der Waals surface area contributed by atoms with Crippen molar-refractivity contribution in [3.63, 3.8) is 0 Å². The Labute approximate surface area is 142 Å². The Kier molecular flexibility index (Phi) is 4.08. The zero-order valence-corrected chi connectivity index (χ0v) is 13.9. The topological polar surface area (TPSA) is 36.3 Å². The molecule has 0 N–H and O–H groups in total. The predicted octanol–water partition coefficient (Wildman–Crippen LogP) is 4.24. The number of fused-ring (bicyclic) bond motifs is 1. The predicted molar refractivity (Wildman–Crippen MR) is 93.5 cm³/mol. The Morgan fingerprint density at radius 3 is 2.96 bits per heavy atom. The van der Waals surface area contributed by atoms with Gasteiger partial charge in [0, 0.05) is 12.4 Å². The second-order valence-electron chi connectivity index (χ2n) is 6.45. The fraction of sp³-hybridized carbons (Fsp3) is 0.350. The molecule has 0 amide bonds. The van der Waals surface area contributed by atoms with Gasteiger partial charge in [-0.1, -0.05) is 43.3 Å². The molecule has 0 bridgehead atoms. The molecule has 24 heavy (non-hydrogen) atoms. The molecular weight excluding hydrogens is 300 g/mol. The first-order valence-corrected chi connectivity index (χ1v) is 8.59. The second-order valence-corrected chi connectivity index (χ2v) is 6.45. The molecule has 2 aromatic carbocycles. The third kappa shape index (κ3) is 2.72. The summed E-state index contributed by atoms with van der Waals surface area (Å²) in [7, 11) is 0. The van der Waals surface area contributed by atoms with E-state index >= 15 is 0 Å². The smallest absolute Gasteiger partial charge is 0.147 e. The van der Waals surface area contributed by atoms with Crippen LogP contribution in [-0.2, 0) is 28.3 Å². The summed E-state index contributed by atoms with van der Waals surface area (Å²) in [6.45, 7) is 3.53. The first-order valence-electron chi connectivity index (χ1n) is 8.59. The standard InChI is InChI=1S/C20H22N2O2/c1-2-16-7-8-17-5-3-6-19(18(17)13-16)20(9-4-12-23-24-20)14-22-11-10-21-15-22/h3,5-8,10-11,13,15H,2,4,9,12,14H2,1H3. The Morgan fingerprint density at radius 2 is 2.21 bits per heavy atom. The van der Waals surface area contributed by atoms with Crippen LogP contribution in [0.5, 0.6) is 0 Å². The fourth-order valence-electron chi connectivity index (χ4n) is 3.60. The minimum absolute atomic E-state index is 0.481. The minimum atomic E-state index is -0.481. The summed E-state index contributed by atoms with van der Waals surface area (Å²) in [5.41, 5.74) is 2.05. The molecule has 1 atom stereocenters. The normalized spacial score (nSPS) is 21.2. The number of hydrogen-bond donors (Lipinski definition) is 0. The number of nitrogens with zero attached hydrogens (tertiary/aromatic N) is 2. The van der Waals surface area contributed by atoms with Crippen LogP contribution in [0.3, 0.4) is 0 Å². The average molecular weight is 322 g/mol. The molecule has 4 nitrogen and oxygen atoms in total. The SMILES string of the molecule is CCc1ccc2cccc(C3(Cn4ccnc4)CCCOO3)c2c1. The number of aryl methyl sites for hydroxylation is 1. The molecule has 1 saturated heterocycles. The van der Waals surface area contributed by atoms with Gasteiger partial charge in [-0.3, -0.25) is 0 Å². The molecule has 1 fully saturated rings. The summed E-state index contributed by atoms with van der Waals surface area (Å²) in [6.07, 6.45) is 8.55. The molecular formula is C20H22N2O2. The van der Waals surface area contributed by atoms with Gasteiger partial charge < -0.3 is 4.57 Å². The van der Waals surface area contributed by atoms with Gasteiger partial charge in [-0.05, 0) is 41.2 Å². The van der Waals surface area contributed by atoms with Gasteiger partial charge in [0.05, 0.1) is 19.5 Å². The van der Waals surface area contributed by atoms with E-state index in [1.54, 1.807) is 6.20 Å². The second kappa shape index (κ2) is 6.38. The van der Waals surface area contributed by atoms with E-state index in [1.807, 2.05) is 12.5 Å². The third-order valence-electron chi connectivity index (χ3n) is 4.87. The van der Waals surface area contributed by atoms with Gasteiger partial charge in [0.25, 0.3) is 0 Å². The molecule has 4 heteroatoms. The molecule has 0 radical (unpaired) electrons. The van der Waals surface area contributed by atoms with Crippen molar-refractivity contribution in [3.05, 3.63) is 66.2 Å². The van der Waals surface area contributed by atoms with Crippen LogP contribution in [0.1, 0.15) is 30.9 Å². The van der Waals surface area contributed by atoms with Crippen molar-refractivity contribution in [2.24, 2.45) is 0 Å². The van der Waals surface area contributed by atoms with Gasteiger partial charge in [-0.2, -0.15) is 0 Å². The van der Waals surface area contributed by atoms with E-state index in [-0.39, 0.29) is 0 Å². The Morgan fingerprint density at radius 1 is 1.25 bits per heavy atom. The van der Waals surface area contributed by atoms with Crippen LogP contribution in [0.4, 0.5) is 0 Å². The highest BCUT2D eigenvalue weighted by atomic mass is 17.2. The van der Waals surface area contributed by atoms with Crippen LogP contribution < -0.4 is 0 Å². The molecule has 0 aliphatic carbocycles. The van der Waals surface area contributed by atoms with Gasteiger partial charge in [-0.15, -0.1) is 0 Å². The highest BCUT2D eigenvalue weighted by molar-refractivity contribution is 5.87. The van der Waals surface area contributed by atoms with Crippen LogP contribution in [0.15, 0.2) is 55.1 Å². The van der Waals surface area contributed by atoms with Gasteiger partial charge in [0.1, 0.15) is 5.60 Å². The lowest BCUT2D eigenvalue weighted by atomic mass is 9.84. The monoisotopic (exact) mass is 322 g/mol. The maximum atomic E-state index is 5.96. The molecule has 124 valence electrons. The average Bonchev–Trinajstić information content (AvgIpc) is 3.14. The zero-order chi connectivity index (χ0) is 16.4. The van der Waals surface area contributed by atoms with Gasteiger partial charge in [0.2, 0.25) is 0 Å². The maximum Gasteiger partial charge on any atom is 0.147 e. The van der Waals surface area contributed by atoms with Crippen LogP contribution in [0.25, 0.3) is 10.8 Å². The van der Waals surface area contributed by atoms with E-state index < -0.39 is 5.60 Å². The Balaban J connectivity index is 1.87. The van der Waals surface area contributed by atoms with Crippen LogP contribution in [-0.4, -0.2) is 16.2 Å². The molecule has 0 saturated carbocycles. The summed E-state index contributed by atoms with van der Waals surface area (Å²) in [5, 5.41) is 2.49. The Bertz CT molecular complexity index is 821. The highest BCUT2D eigenvalue weighted by Gasteiger charge is 2.38. The summed E-state index contributed by atoms with van der Waals surface area (Å²) in [5.74, 6) is 0. The van der Waals surface area contributed by atoms with Crippen molar-refractivity contribution in [2.75, 3.05) is 6.61 Å². The highest BCUT2D eigenvalue weighted by Crippen LogP contribution is 2.40. The molecule has 1 aromatic heterocycles. The van der Waals surface area contributed by atoms with Crippen molar-refractivity contribution in [3.8, 4) is 0 Å². The number of rotatable bonds is 4. The van der Waals surface area contributed by atoms with Crippen molar-refractivity contribution in [1.29, 1.82) is 0 Å². The van der Waals surface area contributed by atoms with Crippen molar-refractivity contribution in [1.82, 2.24) is 9.55 Å². The van der Waals surface area contributed by atoms with Crippen LogP contribution in [0, 0.1) is 0 Å². The Hall–Kier alpha value is -2.17. The van der Waals surface area contributed by atoms with E-state index in [0.717, 1.165) is 19.3 Å². The molecule has 1 aliphatic heterocycles. The van der Waals surface area contributed by atoms with E-state index in [1.165, 1.54) is 21.9 Å². The molecule has 0 spiro atoms. The third-order valence-corrected chi connectivity index (χ3v) is 4.87. The van der Waals surface area contributed by atoms with Gasteiger partial charge >= 0.3 is 0 Å². The molecule has 2 heterocycles. The minimum Gasteiger partial charge on any atom is -0.334 e. The van der Waals surface area contributed by atoms with Crippen molar-refractivity contribution < 1.29 is 9.78 Å². The number of hydrogen-bond acceptors (Lipinski definition) is 3. The molecule has 1 unspecified atom stereocenters. The van der Waals surface area contributed by atoms with Crippen LogP contribution >= 0.6 is 0 Å². The number of aromatic nitrogens is 2. The van der Waals surface area contributed by atoms with Crippen molar-refractivity contribution >= 4 is 10.8 Å². The zero-order valence-electron chi connectivity index (χ0n) is 13.9. The lowest BCUT2D eigenvalue weighted by molar-refractivity contribution is -0.392. The van der Waals surface area contributed by atoms with Crippen LogP contribution in [0.2, 0.25) is 0 Å². The molecule has 4 rings (SSSR count). The van der Waals surface area contributed by atoms with E-state index in [4.69, 9.17) is 9.78 Å². The summed E-state index contributed by atoms with van der Waals surface area (Å²) >= 11 is 0. The summed E-state index contributed by atoms with van der Waals surface area (Å²) < 4.78 is 2.07. The van der Waals surface area contributed by atoms with Gasteiger partial charge in [-0.25, -0.2) is 14.8 Å². The first-order chi connectivity index (χ1) is 11.8. The largest absolute Gasteiger partial charge is 0.334 e. The lowest BCUT2D eigenvalue weighted by Gasteiger charge is -2.37. The molecule has 3 aromatic rings.